The van der Waals surface area contributed by atoms with Crippen LogP contribution in [0.2, 0.25) is 0 Å². The molecule has 0 spiro atoms. The van der Waals surface area contributed by atoms with Crippen LogP contribution >= 0.6 is 11.6 Å². The number of hydrogen-bond donors (Lipinski definition) is 2. The number of amidine groups is 1. The van der Waals surface area contributed by atoms with Crippen LogP contribution in [0.4, 0.5) is 0 Å². The Hall–Kier alpha value is -3.50. The van der Waals surface area contributed by atoms with Gasteiger partial charge in [-0.15, -0.1) is 0 Å². The van der Waals surface area contributed by atoms with E-state index in [0.29, 0.717) is 23.4 Å². The number of allylic oxidation sites excluding steroid dienone is 1. The van der Waals surface area contributed by atoms with Gasteiger partial charge in [-0.3, -0.25) is 10.8 Å². The van der Waals surface area contributed by atoms with Gasteiger partial charge in [0.25, 0.3) is 0 Å². The van der Waals surface area contributed by atoms with Crippen LogP contribution in [0.5, 0.6) is 0 Å². The third-order valence-electron chi connectivity index (χ3n) is 4.68. The van der Waals surface area contributed by atoms with Gasteiger partial charge in [-0.25, -0.2) is 5.01 Å². The summed E-state index contributed by atoms with van der Waals surface area (Å²) in [6, 6.07) is 28.9. The highest BCUT2D eigenvalue weighted by Gasteiger charge is 2.31. The normalized spacial score (nSPS) is 15.3. The van der Waals surface area contributed by atoms with Gasteiger partial charge < -0.3 is 0 Å². The predicted molar refractivity (Wildman–Crippen MR) is 119 cm³/mol. The molecule has 4 rings (SSSR count). The summed E-state index contributed by atoms with van der Waals surface area (Å²) in [5.41, 5.74) is 3.87. The maximum absolute atomic E-state index is 8.75. The highest BCUT2D eigenvalue weighted by Crippen LogP contribution is 2.28. The van der Waals surface area contributed by atoms with Crippen molar-refractivity contribution in [3.8, 4) is 0 Å². The summed E-state index contributed by atoms with van der Waals surface area (Å²) < 4.78 is 0. The first-order valence-electron chi connectivity index (χ1n) is 9.24. The second-order valence-electron chi connectivity index (χ2n) is 6.64. The SMILES string of the molecule is N=C(C(Cl)=C1C(=N)N(Cc2ccccc2)N=C1c1ccccc1)c1ccccc1. The van der Waals surface area contributed by atoms with Crippen LogP contribution in [0.25, 0.3) is 0 Å². The molecule has 3 aromatic rings. The summed E-state index contributed by atoms with van der Waals surface area (Å²) in [6.07, 6.45) is 0. The van der Waals surface area contributed by atoms with E-state index in [1.54, 1.807) is 5.01 Å². The molecule has 0 radical (unpaired) electrons. The molecule has 0 bridgehead atoms. The zero-order valence-corrected chi connectivity index (χ0v) is 16.4. The Morgan fingerprint density at radius 2 is 1.38 bits per heavy atom. The van der Waals surface area contributed by atoms with Crippen molar-refractivity contribution >= 4 is 28.9 Å². The van der Waals surface area contributed by atoms with Gasteiger partial charge in [-0.1, -0.05) is 103 Å². The highest BCUT2D eigenvalue weighted by atomic mass is 35.5. The van der Waals surface area contributed by atoms with Gasteiger partial charge in [-0.2, -0.15) is 5.10 Å². The number of benzene rings is 3. The lowest BCUT2D eigenvalue weighted by atomic mass is 9.99. The number of hydrogen-bond acceptors (Lipinski definition) is 3. The second kappa shape index (κ2) is 8.25. The van der Waals surface area contributed by atoms with Crippen molar-refractivity contribution in [1.29, 1.82) is 10.8 Å². The van der Waals surface area contributed by atoms with E-state index in [1.807, 2.05) is 91.0 Å². The molecule has 3 aromatic carbocycles. The summed E-state index contributed by atoms with van der Waals surface area (Å²) >= 11 is 6.69. The molecule has 0 aromatic heterocycles. The van der Waals surface area contributed by atoms with E-state index >= 15 is 0 Å². The van der Waals surface area contributed by atoms with E-state index < -0.39 is 0 Å². The molecule has 4 nitrogen and oxygen atoms in total. The van der Waals surface area contributed by atoms with Crippen LogP contribution in [-0.2, 0) is 6.54 Å². The summed E-state index contributed by atoms with van der Waals surface area (Å²) in [4.78, 5) is 0. The molecular formula is C24H19ClN4. The van der Waals surface area contributed by atoms with Crippen LogP contribution in [0.15, 0.2) is 107 Å². The van der Waals surface area contributed by atoms with E-state index in [4.69, 9.17) is 27.5 Å². The van der Waals surface area contributed by atoms with E-state index in [1.165, 1.54) is 0 Å². The highest BCUT2D eigenvalue weighted by molar-refractivity contribution is 6.52. The second-order valence-corrected chi connectivity index (χ2v) is 7.01. The number of nitrogens with one attached hydrogen (secondary N) is 2. The lowest BCUT2D eigenvalue weighted by molar-refractivity contribution is 0.448. The van der Waals surface area contributed by atoms with Gasteiger partial charge in [0.05, 0.1) is 22.9 Å². The Morgan fingerprint density at radius 1 is 0.828 bits per heavy atom. The Balaban J connectivity index is 1.77. The van der Waals surface area contributed by atoms with E-state index in [-0.39, 0.29) is 16.6 Å². The fraction of sp³-hybridized carbons (Fsp3) is 0.0417. The smallest absolute Gasteiger partial charge is 0.152 e. The Morgan fingerprint density at radius 3 is 2.00 bits per heavy atom. The monoisotopic (exact) mass is 398 g/mol. The maximum Gasteiger partial charge on any atom is 0.152 e. The molecule has 0 saturated carbocycles. The Kier molecular flexibility index (Phi) is 5.36. The van der Waals surface area contributed by atoms with E-state index in [0.717, 1.165) is 11.1 Å². The van der Waals surface area contributed by atoms with Crippen molar-refractivity contribution in [3.05, 3.63) is 118 Å². The summed E-state index contributed by atoms with van der Waals surface area (Å²) in [5, 5.41) is 23.9. The van der Waals surface area contributed by atoms with Gasteiger partial charge >= 0.3 is 0 Å². The molecule has 1 heterocycles. The number of hydrazone groups is 1. The quantitative estimate of drug-likeness (QED) is 0.552. The van der Waals surface area contributed by atoms with Crippen LogP contribution in [0.3, 0.4) is 0 Å². The van der Waals surface area contributed by atoms with Crippen molar-refractivity contribution in [2.45, 2.75) is 6.54 Å². The molecule has 142 valence electrons. The molecule has 0 aliphatic carbocycles. The molecule has 1 aliphatic heterocycles. The van der Waals surface area contributed by atoms with Crippen molar-refractivity contribution in [3.63, 3.8) is 0 Å². The fourth-order valence-corrected chi connectivity index (χ4v) is 3.48. The zero-order valence-electron chi connectivity index (χ0n) is 15.6. The molecule has 0 saturated heterocycles. The first-order chi connectivity index (χ1) is 14.1. The molecule has 29 heavy (non-hydrogen) atoms. The third kappa shape index (κ3) is 3.89. The molecule has 1 aliphatic rings. The lowest BCUT2D eigenvalue weighted by Gasteiger charge is -2.15. The summed E-state index contributed by atoms with van der Waals surface area (Å²) in [7, 11) is 0. The fourth-order valence-electron chi connectivity index (χ4n) is 3.20. The molecule has 0 atom stereocenters. The average molecular weight is 399 g/mol. The minimum absolute atomic E-state index is 0.178. The van der Waals surface area contributed by atoms with Gasteiger partial charge in [-0.05, 0) is 5.56 Å². The Labute approximate surface area is 174 Å². The van der Waals surface area contributed by atoms with Crippen LogP contribution in [0.1, 0.15) is 16.7 Å². The van der Waals surface area contributed by atoms with Gasteiger partial charge in [0.2, 0.25) is 0 Å². The minimum atomic E-state index is 0.178. The van der Waals surface area contributed by atoms with E-state index in [2.05, 4.69) is 0 Å². The lowest BCUT2D eigenvalue weighted by Crippen LogP contribution is -2.22. The van der Waals surface area contributed by atoms with Crippen LogP contribution < -0.4 is 0 Å². The minimum Gasteiger partial charge on any atom is -0.299 e. The largest absolute Gasteiger partial charge is 0.299 e. The average Bonchev–Trinajstić information content (AvgIpc) is 3.10. The standard InChI is InChI=1S/C24H19ClN4/c25-21(22(26)18-12-6-2-7-13-18)20-23(19-14-8-3-9-15-19)28-29(24(20)27)16-17-10-4-1-5-11-17/h1-15,26-27H,16H2. The van der Waals surface area contributed by atoms with Crippen molar-refractivity contribution in [2.24, 2.45) is 5.10 Å². The molecular weight excluding hydrogens is 380 g/mol. The Bertz CT molecular complexity index is 1100. The summed E-state index contributed by atoms with van der Waals surface area (Å²) in [5.74, 6) is 0.193. The molecule has 0 fully saturated rings. The zero-order chi connectivity index (χ0) is 20.2. The topological polar surface area (TPSA) is 63.3 Å². The molecule has 0 amide bonds. The van der Waals surface area contributed by atoms with Crippen molar-refractivity contribution in [1.82, 2.24) is 5.01 Å². The van der Waals surface area contributed by atoms with Crippen molar-refractivity contribution < 1.29 is 0 Å². The first kappa shape index (κ1) is 18.8. The number of halogens is 1. The third-order valence-corrected chi connectivity index (χ3v) is 5.05. The summed E-state index contributed by atoms with van der Waals surface area (Å²) in [6.45, 7) is 0.461. The van der Waals surface area contributed by atoms with Gasteiger partial charge in [0, 0.05) is 11.1 Å². The maximum atomic E-state index is 8.75. The molecule has 2 N–H and O–H groups in total. The number of rotatable bonds is 5. The van der Waals surface area contributed by atoms with Gasteiger partial charge in [0.15, 0.2) is 5.84 Å². The van der Waals surface area contributed by atoms with E-state index in [9.17, 15) is 0 Å². The van der Waals surface area contributed by atoms with Crippen LogP contribution in [-0.4, -0.2) is 22.3 Å². The van der Waals surface area contributed by atoms with Gasteiger partial charge in [0.1, 0.15) is 5.71 Å². The predicted octanol–water partition coefficient (Wildman–Crippen LogP) is 5.44. The van der Waals surface area contributed by atoms with Crippen molar-refractivity contribution in [2.75, 3.05) is 0 Å². The first-order valence-corrected chi connectivity index (χ1v) is 9.62. The number of nitrogens with zero attached hydrogens (tertiary/aromatic N) is 2. The van der Waals surface area contributed by atoms with Crippen LogP contribution in [0, 0.1) is 10.8 Å². The molecule has 5 heteroatoms. The molecule has 0 unspecified atom stereocenters.